The molecule has 0 atom stereocenters. The van der Waals surface area contributed by atoms with E-state index in [9.17, 15) is 0 Å². The normalized spacial score (nSPS) is 11.4. The molecule has 2 rings (SSSR count). The fourth-order valence-electron chi connectivity index (χ4n) is 2.05. The fourth-order valence-corrected chi connectivity index (χ4v) is 2.37. The Kier molecular flexibility index (Phi) is 4.03. The van der Waals surface area contributed by atoms with Crippen LogP contribution in [0.3, 0.4) is 0 Å². The maximum absolute atomic E-state index is 9.14. The molecule has 0 spiro atoms. The van der Waals surface area contributed by atoms with Gasteiger partial charge in [-0.05, 0) is 17.7 Å². The number of hydrogen-bond donors (Lipinski definition) is 0. The predicted octanol–water partition coefficient (Wildman–Crippen LogP) is 3.80. The molecule has 0 saturated heterocycles. The van der Waals surface area contributed by atoms with Gasteiger partial charge in [-0.1, -0.05) is 55.3 Å². The van der Waals surface area contributed by atoms with Gasteiger partial charge < -0.3 is 0 Å². The quantitative estimate of drug-likeness (QED) is 0.848. The minimum absolute atomic E-state index is 0.217. The Bertz CT molecular complexity index is 677. The van der Waals surface area contributed by atoms with Crippen molar-refractivity contribution in [3.8, 4) is 6.07 Å². The van der Waals surface area contributed by atoms with E-state index in [0.29, 0.717) is 22.3 Å². The van der Waals surface area contributed by atoms with E-state index in [4.69, 9.17) is 28.5 Å². The summed E-state index contributed by atoms with van der Waals surface area (Å²) in [6.45, 7) is 6.58. The lowest BCUT2D eigenvalue weighted by Crippen LogP contribution is -2.20. The molecule has 0 aliphatic heterocycles. The Morgan fingerprint density at radius 1 is 1.25 bits per heavy atom. The average Bonchev–Trinajstić information content (AvgIpc) is 2.76. The van der Waals surface area contributed by atoms with Gasteiger partial charge in [0.2, 0.25) is 0 Å². The van der Waals surface area contributed by atoms with E-state index in [0.717, 1.165) is 11.3 Å². The summed E-state index contributed by atoms with van der Waals surface area (Å²) < 4.78 is 1.73. The van der Waals surface area contributed by atoms with Gasteiger partial charge in [0, 0.05) is 5.41 Å². The van der Waals surface area contributed by atoms with Crippen LogP contribution in [0.4, 0.5) is 0 Å². The molecule has 1 aromatic carbocycles. The molecule has 1 aromatic heterocycles. The van der Waals surface area contributed by atoms with Crippen molar-refractivity contribution < 1.29 is 0 Å². The van der Waals surface area contributed by atoms with Crippen LogP contribution in [-0.4, -0.2) is 15.0 Å². The molecule has 6 heteroatoms. The zero-order valence-electron chi connectivity index (χ0n) is 11.5. The van der Waals surface area contributed by atoms with Gasteiger partial charge in [-0.25, -0.2) is 4.68 Å². The van der Waals surface area contributed by atoms with E-state index in [1.807, 2.05) is 26.8 Å². The minimum atomic E-state index is -0.217. The minimum Gasteiger partial charge on any atom is -0.243 e. The van der Waals surface area contributed by atoms with Gasteiger partial charge in [-0.15, -0.1) is 5.10 Å². The van der Waals surface area contributed by atoms with Gasteiger partial charge in [0.05, 0.1) is 22.3 Å². The van der Waals surface area contributed by atoms with Crippen LogP contribution in [0, 0.1) is 11.3 Å². The molecule has 0 aliphatic carbocycles. The molecular weight excluding hydrogens is 295 g/mol. The third kappa shape index (κ3) is 2.95. The standard InChI is InChI=1S/C14H14Cl2N4/c1-14(2,3)13-12(7-17)18-19-20(13)8-9-4-5-10(15)11(16)6-9/h4-6H,8H2,1-3H3. The summed E-state index contributed by atoms with van der Waals surface area (Å²) in [5.41, 5.74) is 1.91. The van der Waals surface area contributed by atoms with E-state index in [1.165, 1.54) is 0 Å². The van der Waals surface area contributed by atoms with Crippen LogP contribution >= 0.6 is 23.2 Å². The molecule has 1 heterocycles. The molecule has 0 unspecified atom stereocenters. The maximum atomic E-state index is 9.14. The molecule has 0 amide bonds. The van der Waals surface area contributed by atoms with Gasteiger partial charge >= 0.3 is 0 Å². The smallest absolute Gasteiger partial charge is 0.186 e. The van der Waals surface area contributed by atoms with Gasteiger partial charge in [0.15, 0.2) is 5.69 Å². The molecular formula is C14H14Cl2N4. The lowest BCUT2D eigenvalue weighted by Gasteiger charge is -2.19. The van der Waals surface area contributed by atoms with E-state index < -0.39 is 0 Å². The van der Waals surface area contributed by atoms with Crippen LogP contribution in [0.2, 0.25) is 10.0 Å². The summed E-state index contributed by atoms with van der Waals surface area (Å²) >= 11 is 11.9. The topological polar surface area (TPSA) is 54.5 Å². The van der Waals surface area contributed by atoms with Crippen LogP contribution in [0.5, 0.6) is 0 Å². The maximum Gasteiger partial charge on any atom is 0.186 e. The number of nitriles is 1. The Balaban J connectivity index is 2.42. The lowest BCUT2D eigenvalue weighted by atomic mass is 9.90. The molecule has 0 N–H and O–H groups in total. The largest absolute Gasteiger partial charge is 0.243 e. The zero-order chi connectivity index (χ0) is 14.9. The van der Waals surface area contributed by atoms with E-state index in [1.54, 1.807) is 16.8 Å². The van der Waals surface area contributed by atoms with E-state index in [-0.39, 0.29) is 5.41 Å². The van der Waals surface area contributed by atoms with Crippen molar-refractivity contribution in [2.75, 3.05) is 0 Å². The summed E-state index contributed by atoms with van der Waals surface area (Å²) in [4.78, 5) is 0. The molecule has 0 saturated carbocycles. The Labute approximate surface area is 127 Å². The van der Waals surface area contributed by atoms with Crippen LogP contribution in [0.25, 0.3) is 0 Å². The Morgan fingerprint density at radius 3 is 2.50 bits per heavy atom. The van der Waals surface area contributed by atoms with Gasteiger partial charge in [-0.3, -0.25) is 0 Å². The number of nitrogens with zero attached hydrogens (tertiary/aromatic N) is 4. The first-order chi connectivity index (χ1) is 9.32. The third-order valence-corrected chi connectivity index (χ3v) is 3.61. The fraction of sp³-hybridized carbons (Fsp3) is 0.357. The van der Waals surface area contributed by atoms with E-state index in [2.05, 4.69) is 16.4 Å². The molecule has 2 aromatic rings. The van der Waals surface area contributed by atoms with Crippen molar-refractivity contribution in [1.29, 1.82) is 5.26 Å². The second-order valence-corrected chi connectivity index (χ2v) is 6.37. The molecule has 4 nitrogen and oxygen atoms in total. The van der Waals surface area contributed by atoms with Gasteiger partial charge in [0.25, 0.3) is 0 Å². The van der Waals surface area contributed by atoms with Crippen molar-refractivity contribution in [2.24, 2.45) is 0 Å². The van der Waals surface area contributed by atoms with Crippen molar-refractivity contribution in [2.45, 2.75) is 32.7 Å². The number of hydrogen-bond acceptors (Lipinski definition) is 3. The van der Waals surface area contributed by atoms with Crippen LogP contribution in [0.15, 0.2) is 18.2 Å². The van der Waals surface area contributed by atoms with Crippen molar-refractivity contribution in [1.82, 2.24) is 15.0 Å². The predicted molar refractivity (Wildman–Crippen MR) is 79.0 cm³/mol. The molecule has 104 valence electrons. The average molecular weight is 309 g/mol. The van der Waals surface area contributed by atoms with Gasteiger partial charge in [0.1, 0.15) is 6.07 Å². The van der Waals surface area contributed by atoms with Crippen molar-refractivity contribution in [3.63, 3.8) is 0 Å². The molecule has 20 heavy (non-hydrogen) atoms. The highest BCUT2D eigenvalue weighted by molar-refractivity contribution is 6.42. The van der Waals surface area contributed by atoms with Crippen LogP contribution < -0.4 is 0 Å². The molecule has 0 aliphatic rings. The first-order valence-electron chi connectivity index (χ1n) is 6.11. The van der Waals surface area contributed by atoms with Crippen LogP contribution in [-0.2, 0) is 12.0 Å². The second-order valence-electron chi connectivity index (χ2n) is 5.55. The Morgan fingerprint density at radius 2 is 1.95 bits per heavy atom. The summed E-state index contributed by atoms with van der Waals surface area (Å²) in [5.74, 6) is 0. The molecule has 0 radical (unpaired) electrons. The van der Waals surface area contributed by atoms with E-state index >= 15 is 0 Å². The zero-order valence-corrected chi connectivity index (χ0v) is 13.0. The van der Waals surface area contributed by atoms with Crippen LogP contribution in [0.1, 0.15) is 37.7 Å². The first kappa shape index (κ1) is 14.8. The van der Waals surface area contributed by atoms with Crippen molar-refractivity contribution >= 4 is 23.2 Å². The highest BCUT2D eigenvalue weighted by Gasteiger charge is 2.25. The second kappa shape index (κ2) is 5.43. The number of halogens is 2. The monoisotopic (exact) mass is 308 g/mol. The number of benzene rings is 1. The SMILES string of the molecule is CC(C)(C)c1c(C#N)nnn1Cc1ccc(Cl)c(Cl)c1. The summed E-state index contributed by atoms with van der Waals surface area (Å²) in [5, 5.41) is 18.2. The van der Waals surface area contributed by atoms with Gasteiger partial charge in [-0.2, -0.15) is 5.26 Å². The lowest BCUT2D eigenvalue weighted by molar-refractivity contribution is 0.501. The summed E-state index contributed by atoms with van der Waals surface area (Å²) in [7, 11) is 0. The Hall–Kier alpha value is -1.57. The molecule has 0 fully saturated rings. The first-order valence-corrected chi connectivity index (χ1v) is 6.86. The number of aromatic nitrogens is 3. The third-order valence-electron chi connectivity index (χ3n) is 2.87. The molecule has 0 bridgehead atoms. The van der Waals surface area contributed by atoms with Crippen molar-refractivity contribution in [3.05, 3.63) is 45.2 Å². The highest BCUT2D eigenvalue weighted by Crippen LogP contribution is 2.26. The number of rotatable bonds is 2. The highest BCUT2D eigenvalue weighted by atomic mass is 35.5. The summed E-state index contributed by atoms with van der Waals surface area (Å²) in [6.07, 6.45) is 0. The summed E-state index contributed by atoms with van der Waals surface area (Å²) in [6, 6.07) is 7.51.